The minimum absolute atomic E-state index is 0.0573. The summed E-state index contributed by atoms with van der Waals surface area (Å²) >= 11 is 1.42. The van der Waals surface area contributed by atoms with Crippen molar-refractivity contribution in [3.63, 3.8) is 0 Å². The number of carbonyl (C=O) groups excluding carboxylic acids is 1. The highest BCUT2D eigenvalue weighted by atomic mass is 32.1. The largest absolute Gasteiger partial charge is 0.347 e. The van der Waals surface area contributed by atoms with Crippen LogP contribution in [0.3, 0.4) is 0 Å². The van der Waals surface area contributed by atoms with Gasteiger partial charge in [0.05, 0.1) is 5.69 Å². The van der Waals surface area contributed by atoms with Gasteiger partial charge in [-0.15, -0.1) is 0 Å². The molecule has 4 nitrogen and oxygen atoms in total. The summed E-state index contributed by atoms with van der Waals surface area (Å²) in [7, 11) is 0. The van der Waals surface area contributed by atoms with E-state index in [1.165, 1.54) is 11.3 Å². The van der Waals surface area contributed by atoms with Gasteiger partial charge in [-0.2, -0.15) is 0 Å². The van der Waals surface area contributed by atoms with Crippen LogP contribution in [0.2, 0.25) is 0 Å². The zero-order valence-corrected chi connectivity index (χ0v) is 14.6. The maximum atomic E-state index is 12.5. The Morgan fingerprint density at radius 1 is 1.08 bits per heavy atom. The number of fused-ring (bicyclic) bond motifs is 1. The van der Waals surface area contributed by atoms with Crippen molar-refractivity contribution in [2.45, 2.75) is 13.5 Å². The number of aryl methyl sites for hydroxylation is 1. The fraction of sp³-hybridized carbons (Fsp3) is 0.100. The van der Waals surface area contributed by atoms with Gasteiger partial charge in [0, 0.05) is 24.0 Å². The standard InChI is InChI=1S/C20H17N3OS/c1-14-18(19(24)21-12-15-8-4-2-5-9-15)25-20-22-17(13-23(14)20)16-10-6-3-7-11-16/h2-11,13H,12H2,1H3,(H,21,24). The lowest BCUT2D eigenvalue weighted by Crippen LogP contribution is -2.22. The van der Waals surface area contributed by atoms with E-state index >= 15 is 0 Å². The minimum Gasteiger partial charge on any atom is -0.347 e. The average molecular weight is 347 g/mol. The van der Waals surface area contributed by atoms with Crippen molar-refractivity contribution in [2.24, 2.45) is 0 Å². The van der Waals surface area contributed by atoms with Crippen LogP contribution in [0, 0.1) is 6.92 Å². The first-order chi connectivity index (χ1) is 12.2. The number of benzene rings is 2. The van der Waals surface area contributed by atoms with E-state index in [2.05, 4.69) is 10.3 Å². The lowest BCUT2D eigenvalue weighted by atomic mass is 10.2. The molecule has 5 heteroatoms. The molecule has 4 aromatic rings. The third-order valence-corrected chi connectivity index (χ3v) is 5.28. The molecule has 4 rings (SSSR count). The highest BCUT2D eigenvalue weighted by Gasteiger charge is 2.17. The summed E-state index contributed by atoms with van der Waals surface area (Å²) in [5.41, 5.74) is 4.00. The fourth-order valence-electron chi connectivity index (χ4n) is 2.77. The Kier molecular flexibility index (Phi) is 4.07. The van der Waals surface area contributed by atoms with Crippen molar-refractivity contribution in [3.8, 4) is 11.3 Å². The van der Waals surface area contributed by atoms with Crippen LogP contribution >= 0.6 is 11.3 Å². The van der Waals surface area contributed by atoms with Crippen LogP contribution in [-0.4, -0.2) is 15.3 Å². The average Bonchev–Trinajstić information content (AvgIpc) is 3.21. The van der Waals surface area contributed by atoms with E-state index in [-0.39, 0.29) is 5.91 Å². The zero-order valence-electron chi connectivity index (χ0n) is 13.8. The van der Waals surface area contributed by atoms with Crippen LogP contribution in [0.4, 0.5) is 0 Å². The molecule has 0 saturated heterocycles. The number of aromatic nitrogens is 2. The second-order valence-corrected chi connectivity index (χ2v) is 6.81. The van der Waals surface area contributed by atoms with Gasteiger partial charge >= 0.3 is 0 Å². The monoisotopic (exact) mass is 347 g/mol. The number of carbonyl (C=O) groups is 1. The molecule has 0 saturated carbocycles. The Hall–Kier alpha value is -2.92. The van der Waals surface area contributed by atoms with Crippen molar-refractivity contribution >= 4 is 22.2 Å². The minimum atomic E-state index is -0.0573. The molecule has 25 heavy (non-hydrogen) atoms. The number of nitrogens with one attached hydrogen (secondary N) is 1. The van der Waals surface area contributed by atoms with Crippen LogP contribution < -0.4 is 5.32 Å². The number of thiazole rings is 1. The smallest absolute Gasteiger partial charge is 0.263 e. The predicted molar refractivity (Wildman–Crippen MR) is 101 cm³/mol. The summed E-state index contributed by atoms with van der Waals surface area (Å²) in [4.78, 5) is 18.7. The van der Waals surface area contributed by atoms with E-state index in [9.17, 15) is 4.79 Å². The highest BCUT2D eigenvalue weighted by Crippen LogP contribution is 2.27. The van der Waals surface area contributed by atoms with E-state index in [0.717, 1.165) is 27.5 Å². The first kappa shape index (κ1) is 15.6. The molecule has 2 aromatic carbocycles. The Balaban J connectivity index is 1.57. The van der Waals surface area contributed by atoms with Crippen LogP contribution in [0.15, 0.2) is 66.9 Å². The van der Waals surface area contributed by atoms with Gasteiger partial charge in [0.25, 0.3) is 5.91 Å². The maximum Gasteiger partial charge on any atom is 0.263 e. The Labute approximate surface area is 149 Å². The molecular weight excluding hydrogens is 330 g/mol. The molecule has 0 bridgehead atoms. The molecule has 2 aromatic heterocycles. The van der Waals surface area contributed by atoms with Gasteiger partial charge in [-0.3, -0.25) is 9.20 Å². The second kappa shape index (κ2) is 6.53. The summed E-state index contributed by atoms with van der Waals surface area (Å²) in [6, 6.07) is 20.0. The van der Waals surface area contributed by atoms with Gasteiger partial charge < -0.3 is 5.32 Å². The summed E-state index contributed by atoms with van der Waals surface area (Å²) in [6.45, 7) is 2.48. The normalized spacial score (nSPS) is 10.9. The van der Waals surface area contributed by atoms with Crippen molar-refractivity contribution in [1.82, 2.24) is 14.7 Å². The maximum absolute atomic E-state index is 12.5. The predicted octanol–water partition coefficient (Wildman–Crippen LogP) is 4.30. The molecule has 0 fully saturated rings. The van der Waals surface area contributed by atoms with Crippen LogP contribution in [0.25, 0.3) is 16.2 Å². The topological polar surface area (TPSA) is 46.4 Å². The molecular formula is C20H17N3OS. The van der Waals surface area contributed by atoms with Crippen molar-refractivity contribution in [2.75, 3.05) is 0 Å². The van der Waals surface area contributed by atoms with E-state index < -0.39 is 0 Å². The molecule has 1 amide bonds. The molecule has 0 spiro atoms. The van der Waals surface area contributed by atoms with Crippen LogP contribution in [0.1, 0.15) is 20.9 Å². The molecule has 124 valence electrons. The number of imidazole rings is 1. The number of rotatable bonds is 4. The third kappa shape index (κ3) is 3.06. The summed E-state index contributed by atoms with van der Waals surface area (Å²) in [5, 5.41) is 2.98. The molecule has 0 aliphatic carbocycles. The van der Waals surface area contributed by atoms with Crippen molar-refractivity contribution in [3.05, 3.63) is 83.0 Å². The highest BCUT2D eigenvalue weighted by molar-refractivity contribution is 7.19. The van der Waals surface area contributed by atoms with Crippen LogP contribution in [0.5, 0.6) is 0 Å². The molecule has 0 aliphatic heterocycles. The lowest BCUT2D eigenvalue weighted by Gasteiger charge is -2.04. The van der Waals surface area contributed by atoms with Gasteiger partial charge in [0.2, 0.25) is 0 Å². The van der Waals surface area contributed by atoms with Gasteiger partial charge in [-0.05, 0) is 12.5 Å². The van der Waals surface area contributed by atoms with Gasteiger partial charge in [-0.1, -0.05) is 72.0 Å². The number of hydrogen-bond donors (Lipinski definition) is 1. The lowest BCUT2D eigenvalue weighted by molar-refractivity contribution is 0.0954. The van der Waals surface area contributed by atoms with Gasteiger partial charge in [0.15, 0.2) is 4.96 Å². The SMILES string of the molecule is Cc1c(C(=O)NCc2ccccc2)sc2nc(-c3ccccc3)cn12. The molecule has 0 radical (unpaired) electrons. The van der Waals surface area contributed by atoms with E-state index in [0.29, 0.717) is 11.4 Å². The van der Waals surface area contributed by atoms with E-state index in [1.807, 2.05) is 78.2 Å². The quantitative estimate of drug-likeness (QED) is 0.598. The van der Waals surface area contributed by atoms with E-state index in [4.69, 9.17) is 0 Å². The fourth-order valence-corrected chi connectivity index (χ4v) is 3.79. The Bertz CT molecular complexity index is 1020. The zero-order chi connectivity index (χ0) is 17.2. The Morgan fingerprint density at radius 2 is 1.76 bits per heavy atom. The van der Waals surface area contributed by atoms with Gasteiger partial charge in [0.1, 0.15) is 4.88 Å². The van der Waals surface area contributed by atoms with Crippen molar-refractivity contribution in [1.29, 1.82) is 0 Å². The molecule has 0 atom stereocenters. The Morgan fingerprint density at radius 3 is 2.44 bits per heavy atom. The first-order valence-electron chi connectivity index (χ1n) is 8.08. The second-order valence-electron chi connectivity index (χ2n) is 5.83. The number of nitrogens with zero attached hydrogens (tertiary/aromatic N) is 2. The molecule has 1 N–H and O–H groups in total. The summed E-state index contributed by atoms with van der Waals surface area (Å²) in [5.74, 6) is -0.0573. The molecule has 2 heterocycles. The van der Waals surface area contributed by atoms with E-state index in [1.54, 1.807) is 0 Å². The summed E-state index contributed by atoms with van der Waals surface area (Å²) in [6.07, 6.45) is 1.99. The van der Waals surface area contributed by atoms with Gasteiger partial charge in [-0.25, -0.2) is 4.98 Å². The van der Waals surface area contributed by atoms with Crippen molar-refractivity contribution < 1.29 is 4.79 Å². The number of amides is 1. The molecule has 0 aliphatic rings. The molecule has 0 unspecified atom stereocenters. The first-order valence-corrected chi connectivity index (χ1v) is 8.90. The summed E-state index contributed by atoms with van der Waals surface area (Å²) < 4.78 is 1.99. The number of hydrogen-bond acceptors (Lipinski definition) is 3. The van der Waals surface area contributed by atoms with Crippen LogP contribution in [-0.2, 0) is 6.54 Å². The third-order valence-electron chi connectivity index (χ3n) is 4.13.